The number of fused-ring (bicyclic) bond motifs is 3. The lowest BCUT2D eigenvalue weighted by molar-refractivity contribution is -0.0366. The Balaban J connectivity index is 1.01. The van der Waals surface area contributed by atoms with Crippen molar-refractivity contribution in [2.75, 3.05) is 39.3 Å². The zero-order chi connectivity index (χ0) is 28.8. The molecule has 5 aliphatic rings. The van der Waals surface area contributed by atoms with Gasteiger partial charge in [-0.15, -0.1) is 0 Å². The van der Waals surface area contributed by atoms with Crippen molar-refractivity contribution >= 4 is 12.0 Å². The lowest BCUT2D eigenvalue weighted by Crippen LogP contribution is -2.56. The van der Waals surface area contributed by atoms with E-state index in [1.807, 2.05) is 47.4 Å². The fraction of sp³-hybridized carbons (Fsp3) is 0.515. The number of nitrogens with one attached hydrogen (secondary N) is 1. The largest absolute Gasteiger partial charge is 0.494 e. The molecule has 0 spiro atoms. The van der Waals surface area contributed by atoms with E-state index in [0.29, 0.717) is 44.0 Å². The Kier molecular flexibility index (Phi) is 8.84. The van der Waals surface area contributed by atoms with Crippen LogP contribution in [-0.4, -0.2) is 73.5 Å². The number of carbonyl (C=O) groups is 2. The molecule has 2 aromatic rings. The van der Waals surface area contributed by atoms with Crippen molar-refractivity contribution < 1.29 is 28.5 Å². The van der Waals surface area contributed by atoms with E-state index in [0.717, 1.165) is 63.1 Å². The molecule has 0 radical (unpaired) electrons. The summed E-state index contributed by atoms with van der Waals surface area (Å²) in [6.45, 7) is 4.70. The van der Waals surface area contributed by atoms with E-state index in [4.69, 9.17) is 18.9 Å². The van der Waals surface area contributed by atoms with Gasteiger partial charge in [-0.1, -0.05) is 30.3 Å². The van der Waals surface area contributed by atoms with Gasteiger partial charge in [-0.05, 0) is 87.4 Å². The molecule has 2 aromatic carbocycles. The van der Waals surface area contributed by atoms with Crippen molar-refractivity contribution in [2.24, 2.45) is 5.92 Å². The molecule has 224 valence electrons. The monoisotopic (exact) mass is 575 g/mol. The highest BCUT2D eigenvalue weighted by atomic mass is 16.7. The van der Waals surface area contributed by atoms with Gasteiger partial charge in [0.1, 0.15) is 24.4 Å². The van der Waals surface area contributed by atoms with Gasteiger partial charge in [0.05, 0.1) is 12.1 Å². The van der Waals surface area contributed by atoms with E-state index in [9.17, 15) is 9.59 Å². The number of carbonyl (C=O) groups excluding carboxylic acids is 2. The Labute approximate surface area is 247 Å². The number of hydrogen-bond donors (Lipinski definition) is 1. The van der Waals surface area contributed by atoms with Gasteiger partial charge in [0.25, 0.3) is 5.91 Å². The van der Waals surface area contributed by atoms with Crippen LogP contribution in [0.1, 0.15) is 60.9 Å². The van der Waals surface area contributed by atoms with E-state index in [2.05, 4.69) is 22.3 Å². The molecule has 5 aliphatic heterocycles. The van der Waals surface area contributed by atoms with Crippen molar-refractivity contribution in [1.82, 2.24) is 15.1 Å². The summed E-state index contributed by atoms with van der Waals surface area (Å²) in [6.07, 6.45) is 8.63. The summed E-state index contributed by atoms with van der Waals surface area (Å²) in [5.41, 5.74) is 1.10. The number of nitrogens with zero attached hydrogens (tertiary/aromatic N) is 2. The molecule has 5 heterocycles. The predicted molar refractivity (Wildman–Crippen MR) is 157 cm³/mol. The minimum absolute atomic E-state index is 0.0109. The van der Waals surface area contributed by atoms with Gasteiger partial charge in [0, 0.05) is 31.6 Å². The number of ether oxygens (including phenoxy) is 4. The summed E-state index contributed by atoms with van der Waals surface area (Å²) in [5, 5.41) is 3.26. The Hall–Kier alpha value is -3.72. The van der Waals surface area contributed by atoms with Gasteiger partial charge >= 0.3 is 6.09 Å². The Morgan fingerprint density at radius 3 is 2.29 bits per heavy atom. The normalized spacial score (nSPS) is 24.5. The summed E-state index contributed by atoms with van der Waals surface area (Å²) in [6, 6.07) is 17.4. The van der Waals surface area contributed by atoms with Crippen molar-refractivity contribution in [2.45, 2.75) is 62.9 Å². The number of unbranched alkanes of at least 4 members (excludes halogenated alkanes) is 1. The number of rotatable bonds is 10. The van der Waals surface area contributed by atoms with E-state index in [-0.39, 0.29) is 24.4 Å². The molecular weight excluding hydrogens is 534 g/mol. The highest BCUT2D eigenvalue weighted by Crippen LogP contribution is 2.35. The lowest BCUT2D eigenvalue weighted by Gasteiger charge is -2.45. The Morgan fingerprint density at radius 2 is 1.62 bits per heavy atom. The van der Waals surface area contributed by atoms with Crippen molar-refractivity contribution in [3.05, 3.63) is 78.2 Å². The van der Waals surface area contributed by atoms with Gasteiger partial charge in [0.2, 0.25) is 6.29 Å². The van der Waals surface area contributed by atoms with Gasteiger partial charge in [0.15, 0.2) is 0 Å². The molecule has 0 aromatic heterocycles. The molecule has 2 bridgehead atoms. The summed E-state index contributed by atoms with van der Waals surface area (Å²) in [4.78, 5) is 30.9. The Morgan fingerprint density at radius 1 is 0.905 bits per heavy atom. The molecule has 4 fully saturated rings. The van der Waals surface area contributed by atoms with Crippen LogP contribution in [0.2, 0.25) is 0 Å². The minimum atomic E-state index is -0.576. The number of likely N-dealkylation sites (tertiary alicyclic amines) is 1. The second-order valence-corrected chi connectivity index (χ2v) is 11.8. The molecule has 0 unspecified atom stereocenters. The average molecular weight is 576 g/mol. The van der Waals surface area contributed by atoms with Crippen LogP contribution in [0.3, 0.4) is 0 Å². The van der Waals surface area contributed by atoms with Crippen LogP contribution in [0.15, 0.2) is 67.1 Å². The summed E-state index contributed by atoms with van der Waals surface area (Å²) < 4.78 is 22.4. The molecule has 7 rings (SSSR count). The maximum Gasteiger partial charge on any atom is 0.408 e. The van der Waals surface area contributed by atoms with Crippen LogP contribution in [0.5, 0.6) is 5.75 Å². The van der Waals surface area contributed by atoms with Crippen LogP contribution in [-0.2, 0) is 19.7 Å². The molecule has 0 saturated carbocycles. The number of piperidine rings is 4. The molecule has 9 nitrogen and oxygen atoms in total. The smallest absolute Gasteiger partial charge is 0.408 e. The molecule has 2 amide bonds. The van der Waals surface area contributed by atoms with Gasteiger partial charge in [-0.3, -0.25) is 9.69 Å². The first-order valence-corrected chi connectivity index (χ1v) is 15.3. The quantitative estimate of drug-likeness (QED) is 0.398. The van der Waals surface area contributed by atoms with Gasteiger partial charge < -0.3 is 29.2 Å². The molecule has 1 atom stereocenters. The van der Waals surface area contributed by atoms with Crippen molar-refractivity contribution in [1.29, 1.82) is 0 Å². The third-order valence-electron chi connectivity index (χ3n) is 9.15. The third-order valence-corrected chi connectivity index (χ3v) is 9.15. The average Bonchev–Trinajstić information content (AvgIpc) is 3.56. The van der Waals surface area contributed by atoms with E-state index < -0.39 is 5.54 Å². The highest BCUT2D eigenvalue weighted by Gasteiger charge is 2.41. The van der Waals surface area contributed by atoms with Crippen molar-refractivity contribution in [3.8, 4) is 5.75 Å². The number of benzene rings is 2. The predicted octanol–water partition coefficient (Wildman–Crippen LogP) is 5.03. The Bertz CT molecular complexity index is 1210. The minimum Gasteiger partial charge on any atom is -0.494 e. The second kappa shape index (κ2) is 13.1. The first-order chi connectivity index (χ1) is 20.6. The van der Waals surface area contributed by atoms with Crippen molar-refractivity contribution in [3.63, 3.8) is 0 Å². The van der Waals surface area contributed by atoms with E-state index in [1.165, 1.54) is 0 Å². The first-order valence-electron chi connectivity index (χ1n) is 15.3. The van der Waals surface area contributed by atoms with Crippen LogP contribution in [0.4, 0.5) is 4.79 Å². The van der Waals surface area contributed by atoms with E-state index >= 15 is 0 Å². The molecule has 42 heavy (non-hydrogen) atoms. The van der Waals surface area contributed by atoms with Gasteiger partial charge in [-0.2, -0.15) is 0 Å². The maximum atomic E-state index is 13.4. The standard InChI is InChI=1S/C33H41N3O6/c37-31(26-9-11-28(12-10-26)39-21-5-4-8-30-40-22-23-41-30)36-19-15-33(16-20-36,27-6-2-1-3-7-27)34-32(38)42-29-24-35-17-13-25(29)14-18-35/h1-3,6-7,9-12,22-23,25,29-30H,4-5,8,13-21,24H2,(H,34,38)/t29-/m0/s1. The fourth-order valence-corrected chi connectivity index (χ4v) is 6.63. The third kappa shape index (κ3) is 6.67. The first kappa shape index (κ1) is 28.4. The zero-order valence-corrected chi connectivity index (χ0v) is 24.1. The lowest BCUT2D eigenvalue weighted by atomic mass is 9.80. The summed E-state index contributed by atoms with van der Waals surface area (Å²) >= 11 is 0. The van der Waals surface area contributed by atoms with Crippen LogP contribution >= 0.6 is 0 Å². The fourth-order valence-electron chi connectivity index (χ4n) is 6.63. The maximum absolute atomic E-state index is 13.4. The van der Waals surface area contributed by atoms with Crippen LogP contribution in [0.25, 0.3) is 0 Å². The van der Waals surface area contributed by atoms with Crippen LogP contribution < -0.4 is 10.1 Å². The highest BCUT2D eigenvalue weighted by molar-refractivity contribution is 5.94. The molecule has 1 N–H and O–H groups in total. The number of amides is 2. The summed E-state index contributed by atoms with van der Waals surface area (Å²) in [7, 11) is 0. The second-order valence-electron chi connectivity index (χ2n) is 11.8. The summed E-state index contributed by atoms with van der Waals surface area (Å²) in [5.74, 6) is 1.19. The SMILES string of the molecule is O=C(NC1(c2ccccc2)CCN(C(=O)c2ccc(OCCCCC3OC=CO3)cc2)CC1)O[C@H]1CN2CCC1CC2. The van der Waals surface area contributed by atoms with E-state index in [1.54, 1.807) is 12.5 Å². The molecule has 4 saturated heterocycles. The number of alkyl carbamates (subject to hydrolysis) is 1. The number of hydrogen-bond acceptors (Lipinski definition) is 7. The zero-order valence-electron chi connectivity index (χ0n) is 24.1. The molecular formula is C33H41N3O6. The molecule has 9 heteroatoms. The topological polar surface area (TPSA) is 89.6 Å². The van der Waals surface area contributed by atoms with Gasteiger partial charge in [-0.25, -0.2) is 4.79 Å². The van der Waals surface area contributed by atoms with Crippen LogP contribution in [0, 0.1) is 5.92 Å². The molecule has 0 aliphatic carbocycles.